The van der Waals surface area contributed by atoms with Crippen molar-refractivity contribution in [2.45, 2.75) is 46.2 Å². The highest BCUT2D eigenvalue weighted by atomic mass is 15.3. The van der Waals surface area contributed by atoms with Crippen molar-refractivity contribution >= 4 is 5.96 Å². The summed E-state index contributed by atoms with van der Waals surface area (Å²) in [5.74, 6) is 0.893. The van der Waals surface area contributed by atoms with Crippen LogP contribution in [0.15, 0.2) is 47.7 Å². The Morgan fingerprint density at radius 3 is 2.54 bits per heavy atom. The predicted molar refractivity (Wildman–Crippen MR) is 100 cm³/mol. The molecule has 0 bridgehead atoms. The van der Waals surface area contributed by atoms with E-state index in [0.29, 0.717) is 6.54 Å². The van der Waals surface area contributed by atoms with Gasteiger partial charge in [-0.2, -0.15) is 5.10 Å². The van der Waals surface area contributed by atoms with Crippen LogP contribution in [0.5, 0.6) is 0 Å². The van der Waals surface area contributed by atoms with E-state index in [9.17, 15) is 0 Å². The van der Waals surface area contributed by atoms with Gasteiger partial charge in [0.15, 0.2) is 5.96 Å². The van der Waals surface area contributed by atoms with Gasteiger partial charge in [-0.25, -0.2) is 4.99 Å². The van der Waals surface area contributed by atoms with Gasteiger partial charge in [0.25, 0.3) is 0 Å². The van der Waals surface area contributed by atoms with Crippen LogP contribution in [0.4, 0.5) is 0 Å². The Labute approximate surface area is 145 Å². The Morgan fingerprint density at radius 2 is 1.88 bits per heavy atom. The molecule has 0 radical (unpaired) electrons. The van der Waals surface area contributed by atoms with Crippen molar-refractivity contribution < 1.29 is 0 Å². The normalized spacial score (nSPS) is 11.5. The van der Waals surface area contributed by atoms with Crippen molar-refractivity contribution in [1.82, 2.24) is 20.4 Å². The Hall–Kier alpha value is -2.30. The average molecular weight is 327 g/mol. The van der Waals surface area contributed by atoms with E-state index in [1.807, 2.05) is 23.1 Å². The summed E-state index contributed by atoms with van der Waals surface area (Å²) in [4.78, 5) is 4.70. The number of guanidine groups is 1. The zero-order valence-electron chi connectivity index (χ0n) is 14.8. The Morgan fingerprint density at radius 1 is 1.12 bits per heavy atom. The van der Waals surface area contributed by atoms with Crippen LogP contribution >= 0.6 is 0 Å². The van der Waals surface area contributed by atoms with Gasteiger partial charge in [-0.1, -0.05) is 43.2 Å². The third kappa shape index (κ3) is 6.86. The van der Waals surface area contributed by atoms with E-state index in [-0.39, 0.29) is 0 Å². The summed E-state index contributed by atoms with van der Waals surface area (Å²) < 4.78 is 1.95. The molecule has 130 valence electrons. The van der Waals surface area contributed by atoms with Crippen LogP contribution < -0.4 is 10.6 Å². The SMILES string of the molecule is CCCCNC(=NCc1ccc(C)cc1)NCCCn1cccn1. The van der Waals surface area contributed by atoms with Crippen molar-refractivity contribution in [1.29, 1.82) is 0 Å². The van der Waals surface area contributed by atoms with E-state index >= 15 is 0 Å². The smallest absolute Gasteiger partial charge is 0.191 e. The molecule has 1 aromatic carbocycles. The van der Waals surface area contributed by atoms with Crippen LogP contribution in [-0.2, 0) is 13.1 Å². The molecule has 5 heteroatoms. The minimum atomic E-state index is 0.695. The van der Waals surface area contributed by atoms with Crippen molar-refractivity contribution in [3.8, 4) is 0 Å². The summed E-state index contributed by atoms with van der Waals surface area (Å²) in [6, 6.07) is 10.5. The first kappa shape index (κ1) is 18.0. The van der Waals surface area contributed by atoms with Gasteiger partial charge in [0.05, 0.1) is 6.54 Å². The van der Waals surface area contributed by atoms with E-state index in [4.69, 9.17) is 4.99 Å². The molecular weight excluding hydrogens is 298 g/mol. The average Bonchev–Trinajstić information content (AvgIpc) is 3.11. The molecule has 1 aromatic heterocycles. The quantitative estimate of drug-likeness (QED) is 0.423. The Bertz CT molecular complexity index is 587. The predicted octanol–water partition coefficient (Wildman–Crippen LogP) is 3.12. The number of unbranched alkanes of at least 4 members (excludes halogenated alkanes) is 1. The molecule has 2 aromatic rings. The van der Waals surface area contributed by atoms with Crippen LogP contribution in [0, 0.1) is 6.92 Å². The lowest BCUT2D eigenvalue weighted by Crippen LogP contribution is -2.38. The second kappa shape index (κ2) is 10.5. The molecule has 2 N–H and O–H groups in total. The molecule has 0 saturated carbocycles. The van der Waals surface area contributed by atoms with Gasteiger partial charge in [0, 0.05) is 32.0 Å². The van der Waals surface area contributed by atoms with Crippen LogP contribution in [0.3, 0.4) is 0 Å². The van der Waals surface area contributed by atoms with E-state index < -0.39 is 0 Å². The number of nitrogens with zero attached hydrogens (tertiary/aromatic N) is 3. The Kier molecular flexibility index (Phi) is 7.87. The minimum Gasteiger partial charge on any atom is -0.356 e. The fourth-order valence-electron chi connectivity index (χ4n) is 2.30. The maximum atomic E-state index is 4.70. The van der Waals surface area contributed by atoms with E-state index in [0.717, 1.165) is 38.4 Å². The molecule has 2 rings (SSSR count). The van der Waals surface area contributed by atoms with Gasteiger partial charge in [0.2, 0.25) is 0 Å². The molecular formula is C19H29N5. The summed E-state index contributed by atoms with van der Waals surface area (Å²) in [6.45, 7) is 7.75. The molecule has 0 saturated heterocycles. The topological polar surface area (TPSA) is 54.2 Å². The fraction of sp³-hybridized carbons (Fsp3) is 0.474. The van der Waals surface area contributed by atoms with Crippen molar-refractivity contribution in [3.63, 3.8) is 0 Å². The third-order valence-corrected chi connectivity index (χ3v) is 3.78. The number of benzene rings is 1. The molecule has 1 heterocycles. The van der Waals surface area contributed by atoms with Gasteiger partial charge in [-0.15, -0.1) is 0 Å². The molecule has 0 spiro atoms. The van der Waals surface area contributed by atoms with Crippen LogP contribution in [-0.4, -0.2) is 28.8 Å². The molecule has 0 aliphatic carbocycles. The highest BCUT2D eigenvalue weighted by Gasteiger charge is 1.99. The number of aliphatic imine (C=N–C) groups is 1. The lowest BCUT2D eigenvalue weighted by Gasteiger charge is -2.12. The van der Waals surface area contributed by atoms with Crippen LogP contribution in [0.1, 0.15) is 37.3 Å². The van der Waals surface area contributed by atoms with Gasteiger partial charge < -0.3 is 10.6 Å². The zero-order valence-corrected chi connectivity index (χ0v) is 14.8. The second-order valence-corrected chi connectivity index (χ2v) is 5.98. The van der Waals surface area contributed by atoms with Crippen molar-refractivity contribution in [2.75, 3.05) is 13.1 Å². The molecule has 24 heavy (non-hydrogen) atoms. The van der Waals surface area contributed by atoms with Gasteiger partial charge >= 0.3 is 0 Å². The number of hydrogen-bond acceptors (Lipinski definition) is 2. The summed E-state index contributed by atoms with van der Waals surface area (Å²) in [5.41, 5.74) is 2.51. The number of hydrogen-bond donors (Lipinski definition) is 2. The number of aryl methyl sites for hydroxylation is 2. The Balaban J connectivity index is 1.80. The van der Waals surface area contributed by atoms with E-state index in [1.165, 1.54) is 17.5 Å². The van der Waals surface area contributed by atoms with Crippen LogP contribution in [0.25, 0.3) is 0 Å². The monoisotopic (exact) mass is 327 g/mol. The molecule has 0 atom stereocenters. The van der Waals surface area contributed by atoms with Gasteiger partial charge in [-0.05, 0) is 31.4 Å². The zero-order chi connectivity index (χ0) is 17.0. The largest absolute Gasteiger partial charge is 0.356 e. The minimum absolute atomic E-state index is 0.695. The van der Waals surface area contributed by atoms with Gasteiger partial charge in [0.1, 0.15) is 0 Å². The maximum Gasteiger partial charge on any atom is 0.191 e. The lowest BCUT2D eigenvalue weighted by atomic mass is 10.1. The summed E-state index contributed by atoms with van der Waals surface area (Å²) >= 11 is 0. The molecule has 0 aliphatic heterocycles. The fourth-order valence-corrected chi connectivity index (χ4v) is 2.30. The first-order chi connectivity index (χ1) is 11.8. The van der Waals surface area contributed by atoms with E-state index in [2.05, 4.69) is 53.8 Å². The first-order valence-electron chi connectivity index (χ1n) is 8.83. The van der Waals surface area contributed by atoms with Crippen molar-refractivity contribution in [3.05, 3.63) is 53.9 Å². The summed E-state index contributed by atoms with van der Waals surface area (Å²) in [6.07, 6.45) is 7.15. The second-order valence-electron chi connectivity index (χ2n) is 5.98. The molecule has 5 nitrogen and oxygen atoms in total. The standard InChI is InChI=1S/C19H29N5/c1-3-4-11-20-19(21-12-5-14-24-15-6-13-23-24)22-16-18-9-7-17(2)8-10-18/h6-10,13,15H,3-5,11-12,14,16H2,1-2H3,(H2,20,21,22). The van der Waals surface area contributed by atoms with E-state index in [1.54, 1.807) is 0 Å². The molecule has 0 fully saturated rings. The lowest BCUT2D eigenvalue weighted by molar-refractivity contribution is 0.569. The van der Waals surface area contributed by atoms with Crippen LogP contribution in [0.2, 0.25) is 0 Å². The summed E-state index contributed by atoms with van der Waals surface area (Å²) in [5, 5.41) is 11.1. The summed E-state index contributed by atoms with van der Waals surface area (Å²) in [7, 11) is 0. The maximum absolute atomic E-state index is 4.70. The highest BCUT2D eigenvalue weighted by molar-refractivity contribution is 5.79. The number of nitrogens with one attached hydrogen (secondary N) is 2. The molecule has 0 amide bonds. The van der Waals surface area contributed by atoms with Gasteiger partial charge in [-0.3, -0.25) is 4.68 Å². The first-order valence-corrected chi connectivity index (χ1v) is 8.83. The van der Waals surface area contributed by atoms with Crippen molar-refractivity contribution in [2.24, 2.45) is 4.99 Å². The number of aromatic nitrogens is 2. The third-order valence-electron chi connectivity index (χ3n) is 3.78. The molecule has 0 aliphatic rings. The number of rotatable bonds is 9. The molecule has 0 unspecified atom stereocenters. The highest BCUT2D eigenvalue weighted by Crippen LogP contribution is 2.04.